The van der Waals surface area contributed by atoms with Crippen LogP contribution in [-0.2, 0) is 4.74 Å². The van der Waals surface area contributed by atoms with Crippen molar-refractivity contribution in [3.05, 3.63) is 0 Å². The van der Waals surface area contributed by atoms with Crippen LogP contribution in [0.2, 0.25) is 84.6 Å². The van der Waals surface area contributed by atoms with Gasteiger partial charge >= 0.3 is 12.0 Å². The highest BCUT2D eigenvalue weighted by Crippen LogP contribution is 2.67. The molecule has 51 heavy (non-hydrogen) atoms. The van der Waals surface area contributed by atoms with Crippen molar-refractivity contribution in [2.24, 2.45) is 11.5 Å². The minimum absolute atomic E-state index is 0.158. The SMILES string of the molecule is CCCC(N)(C[Si](Cl)(Cl)Cl)C(OC(C(N)(CCC)C[Si](Cl)(Cl)Cl)([Si](C)(C)C(C)(C)C)[Si](C)(C)C(C)(C)C)([Si](C)(C)C(C)(C)C)[Si](C)(C)C(C)(C)C. The lowest BCUT2D eigenvalue weighted by molar-refractivity contribution is -0.0806. The molecule has 3 nitrogen and oxygen atoms in total. The van der Waals surface area contributed by atoms with E-state index in [0.29, 0.717) is 24.9 Å². The maximum atomic E-state index is 9.21. The van der Waals surface area contributed by atoms with E-state index in [0.717, 1.165) is 12.8 Å². The van der Waals surface area contributed by atoms with Gasteiger partial charge in [0.25, 0.3) is 0 Å². The third-order valence-electron chi connectivity index (χ3n) is 15.2. The van der Waals surface area contributed by atoms with Crippen LogP contribution in [0, 0.1) is 0 Å². The molecule has 0 fully saturated rings. The Morgan fingerprint density at radius 1 is 0.412 bits per heavy atom. The van der Waals surface area contributed by atoms with Crippen molar-refractivity contribution < 1.29 is 4.74 Å². The summed E-state index contributed by atoms with van der Waals surface area (Å²) in [6, 6.07) is -6.13. The number of rotatable bonds is 16. The zero-order chi connectivity index (χ0) is 41.9. The highest BCUT2D eigenvalue weighted by Gasteiger charge is 2.80. The molecule has 0 aliphatic heterocycles. The van der Waals surface area contributed by atoms with E-state index < -0.39 is 65.1 Å². The molecule has 0 saturated carbocycles. The van der Waals surface area contributed by atoms with Gasteiger partial charge in [-0.25, -0.2) is 0 Å². The Hall–Kier alpha value is 2.92. The molecule has 0 rings (SSSR count). The molecule has 0 aliphatic carbocycles. The number of halogens is 6. The van der Waals surface area contributed by atoms with E-state index in [2.05, 4.69) is 149 Å². The number of ether oxygens (including phenoxy) is 1. The Labute approximate surface area is 352 Å². The zero-order valence-electron chi connectivity index (χ0n) is 37.1. The second-order valence-corrected chi connectivity index (χ2v) is 63.4. The van der Waals surface area contributed by atoms with Crippen LogP contribution in [0.3, 0.4) is 0 Å². The first kappa shape index (κ1) is 53.9. The van der Waals surface area contributed by atoms with Gasteiger partial charge in [-0.3, -0.25) is 0 Å². The Bertz CT molecular complexity index is 1040. The topological polar surface area (TPSA) is 61.3 Å². The summed E-state index contributed by atoms with van der Waals surface area (Å²) in [6.07, 6.45) is 3.00. The quantitative estimate of drug-likeness (QED) is 0.120. The van der Waals surface area contributed by atoms with Crippen molar-refractivity contribution in [3.63, 3.8) is 0 Å². The fraction of sp³-hybridized carbons (Fsp3) is 1.00. The first-order valence-electron chi connectivity index (χ1n) is 19.2. The van der Waals surface area contributed by atoms with Crippen LogP contribution in [-0.4, -0.2) is 65.1 Å². The van der Waals surface area contributed by atoms with Gasteiger partial charge in [0.05, 0.1) is 42.0 Å². The van der Waals surface area contributed by atoms with Crippen molar-refractivity contribution in [2.75, 3.05) is 0 Å². The van der Waals surface area contributed by atoms with Crippen molar-refractivity contribution >= 4 is 111 Å². The average molecular weight is 940 g/mol. The number of hydrogen-bond acceptors (Lipinski definition) is 3. The van der Waals surface area contributed by atoms with E-state index in [4.69, 9.17) is 77.9 Å². The molecule has 0 saturated heterocycles. The Morgan fingerprint density at radius 3 is 0.706 bits per heavy atom. The molecule has 0 radical (unpaired) electrons. The molecule has 0 aromatic rings. The van der Waals surface area contributed by atoms with Crippen molar-refractivity contribution in [1.29, 1.82) is 0 Å². The lowest BCUT2D eigenvalue weighted by Crippen LogP contribution is -2.94. The molecule has 0 amide bonds. The van der Waals surface area contributed by atoms with Gasteiger partial charge in [-0.15, -0.1) is 66.5 Å². The molecule has 0 heterocycles. The van der Waals surface area contributed by atoms with Crippen LogP contribution in [0.15, 0.2) is 0 Å². The fourth-order valence-electron chi connectivity index (χ4n) is 9.49. The largest absolute Gasteiger partial charge is 0.378 e. The second kappa shape index (κ2) is 16.2. The van der Waals surface area contributed by atoms with Crippen molar-refractivity contribution in [1.82, 2.24) is 0 Å². The molecule has 15 heteroatoms. The first-order chi connectivity index (χ1) is 21.7. The molecule has 0 bridgehead atoms. The normalized spacial score (nSPS) is 18.5. The van der Waals surface area contributed by atoms with Gasteiger partial charge in [0.1, 0.15) is 0 Å². The molecule has 308 valence electrons. The maximum Gasteiger partial charge on any atom is 0.343 e. The summed E-state index contributed by atoms with van der Waals surface area (Å²) in [5, 5.41) is -0.632. The van der Waals surface area contributed by atoms with Crippen LogP contribution in [0.5, 0.6) is 0 Å². The summed E-state index contributed by atoms with van der Waals surface area (Å²) in [7, 11) is -11.1. The van der Waals surface area contributed by atoms with Gasteiger partial charge in [-0.2, -0.15) is 0 Å². The molecule has 0 spiro atoms. The Morgan fingerprint density at radius 2 is 0.588 bits per heavy atom. The summed E-state index contributed by atoms with van der Waals surface area (Å²) in [5.74, 6) is 0. The summed E-state index contributed by atoms with van der Waals surface area (Å²) < 4.78 is 9.21. The van der Waals surface area contributed by atoms with Gasteiger partial charge in [-0.1, -0.05) is 162 Å². The molecule has 0 aliphatic rings. The summed E-state index contributed by atoms with van der Waals surface area (Å²) in [5.41, 5.74) is 14.8. The average Bonchev–Trinajstić information content (AvgIpc) is 2.78. The highest BCUT2D eigenvalue weighted by atomic mass is 35.8. The molecule has 2 unspecified atom stereocenters. The predicted molar refractivity (Wildman–Crippen MR) is 255 cm³/mol. The van der Waals surface area contributed by atoms with E-state index in [1.165, 1.54) is 0 Å². The molecule has 2 atom stereocenters. The third-order valence-corrected chi connectivity index (χ3v) is 51.6. The van der Waals surface area contributed by atoms with Gasteiger partial charge in [0, 0.05) is 23.2 Å². The van der Waals surface area contributed by atoms with Gasteiger partial charge in [-0.05, 0) is 33.0 Å². The van der Waals surface area contributed by atoms with Crippen LogP contribution >= 0.6 is 66.5 Å². The van der Waals surface area contributed by atoms with Crippen molar-refractivity contribution in [3.8, 4) is 0 Å². The van der Waals surface area contributed by atoms with Crippen molar-refractivity contribution in [2.45, 2.75) is 228 Å². The smallest absolute Gasteiger partial charge is 0.343 e. The Balaban J connectivity index is 10.3. The lowest BCUT2D eigenvalue weighted by atomic mass is 9.95. The number of nitrogens with two attached hydrogens (primary N) is 2. The first-order valence-corrected chi connectivity index (χ1v) is 41.6. The molecule has 0 aromatic carbocycles. The van der Waals surface area contributed by atoms with E-state index in [1.807, 2.05) is 0 Å². The summed E-state index contributed by atoms with van der Waals surface area (Å²) in [4.78, 5) is -1.70. The zero-order valence-corrected chi connectivity index (χ0v) is 47.6. The molecular formula is C36H82Cl6N2OSi6. The molecular weight excluding hydrogens is 858 g/mol. The van der Waals surface area contributed by atoms with E-state index in [-0.39, 0.29) is 20.2 Å². The van der Waals surface area contributed by atoms with Gasteiger partial charge < -0.3 is 16.2 Å². The minimum atomic E-state index is -3.36. The lowest BCUT2D eigenvalue weighted by Gasteiger charge is -2.76. The fourth-order valence-corrected chi connectivity index (χ4v) is 45.9. The van der Waals surface area contributed by atoms with Crippen LogP contribution in [0.4, 0.5) is 0 Å². The second-order valence-electron chi connectivity index (χ2n) is 22.4. The highest BCUT2D eigenvalue weighted by molar-refractivity contribution is 7.65. The van der Waals surface area contributed by atoms with E-state index in [1.54, 1.807) is 0 Å². The monoisotopic (exact) mass is 936 g/mol. The van der Waals surface area contributed by atoms with Crippen LogP contribution in [0.25, 0.3) is 0 Å². The summed E-state index contributed by atoms with van der Waals surface area (Å²) >= 11 is 42.7. The molecule has 0 aromatic heterocycles. The summed E-state index contributed by atoms with van der Waals surface area (Å²) in [6.45, 7) is 53.3. The predicted octanol–water partition coefficient (Wildman–Crippen LogP) is 15.0. The van der Waals surface area contributed by atoms with E-state index >= 15 is 0 Å². The van der Waals surface area contributed by atoms with Gasteiger partial charge in [0.2, 0.25) is 0 Å². The Kier molecular flexibility index (Phi) is 17.1. The number of hydrogen-bond donors (Lipinski definition) is 2. The third kappa shape index (κ3) is 9.70. The molecule has 4 N–H and O–H groups in total. The van der Waals surface area contributed by atoms with Crippen LogP contribution < -0.4 is 11.5 Å². The standard InChI is InChI=1S/C36H82Cl6N2OSi6/c1-23-25-33(43,27-50(37,38)39)35(46(15,16)29(3,4)5,47(17,18)30(6,7)8)45-36(48(19,20)31(9,10)11,49(21,22)32(12,13)14)34(44,26-24-2)28-51(40,41)42/h23-28,43-44H2,1-22H3. The van der Waals surface area contributed by atoms with Gasteiger partial charge in [0.15, 0.2) is 0 Å². The maximum absolute atomic E-state index is 9.21. The minimum Gasteiger partial charge on any atom is -0.378 e. The van der Waals surface area contributed by atoms with Crippen LogP contribution in [0.1, 0.15) is 123 Å². The van der Waals surface area contributed by atoms with E-state index in [9.17, 15) is 4.74 Å².